The fourth-order valence-electron chi connectivity index (χ4n) is 1.59. The fourth-order valence-corrected chi connectivity index (χ4v) is 1.59. The monoisotopic (exact) mass is 235 g/mol. The summed E-state index contributed by atoms with van der Waals surface area (Å²) in [6, 6.07) is 0. The first kappa shape index (κ1) is 12.0. The second kappa shape index (κ2) is 4.43. The first-order valence-electron chi connectivity index (χ1n) is 5.53. The van der Waals surface area contributed by atoms with Crippen LogP contribution in [0.1, 0.15) is 20.8 Å². The van der Waals surface area contributed by atoms with E-state index in [1.165, 1.54) is 0 Å². The third-order valence-electron chi connectivity index (χ3n) is 2.89. The molecule has 92 valence electrons. The van der Waals surface area contributed by atoms with E-state index in [1.807, 2.05) is 27.8 Å². The zero-order chi connectivity index (χ0) is 12.6. The van der Waals surface area contributed by atoms with Crippen molar-refractivity contribution in [2.45, 2.75) is 33.4 Å². The molecule has 0 saturated carbocycles. The van der Waals surface area contributed by atoms with Gasteiger partial charge in [-0.25, -0.2) is 4.99 Å². The number of allylic oxidation sites excluding steroid dienone is 1. The first-order valence-corrected chi connectivity index (χ1v) is 5.53. The highest BCUT2D eigenvalue weighted by atomic mass is 16.9. The van der Waals surface area contributed by atoms with E-state index in [0.717, 1.165) is 17.0 Å². The van der Waals surface area contributed by atoms with Crippen LogP contribution in [0.4, 0.5) is 0 Å². The molecule has 0 aromatic heterocycles. The maximum atomic E-state index is 5.48. The van der Waals surface area contributed by atoms with Crippen LogP contribution < -0.4 is 0 Å². The highest BCUT2D eigenvalue weighted by molar-refractivity contribution is 5.87. The van der Waals surface area contributed by atoms with Gasteiger partial charge in [-0.05, 0) is 26.3 Å². The molecule has 0 radical (unpaired) electrons. The number of nitrogens with zero attached hydrogens (tertiary/aromatic N) is 3. The summed E-state index contributed by atoms with van der Waals surface area (Å²) in [5, 5.41) is 5.97. The van der Waals surface area contributed by atoms with Gasteiger partial charge in [-0.15, -0.1) is 0 Å². The van der Waals surface area contributed by atoms with Crippen LogP contribution in [0.2, 0.25) is 0 Å². The molecule has 1 saturated heterocycles. The van der Waals surface area contributed by atoms with Gasteiger partial charge in [0, 0.05) is 12.6 Å². The number of amidine groups is 1. The van der Waals surface area contributed by atoms with Crippen molar-refractivity contribution in [2.75, 3.05) is 7.05 Å². The maximum absolute atomic E-state index is 5.48. The van der Waals surface area contributed by atoms with Crippen molar-refractivity contribution >= 4 is 12.1 Å². The molecule has 0 amide bonds. The SMILES string of the molecule is C=C1/N=C(/C)N(C)/N=C\C(C2OC(C)O2)=C/1C. The minimum atomic E-state index is -0.354. The normalized spacial score (nSPS) is 38.9. The molecule has 0 bridgehead atoms. The van der Waals surface area contributed by atoms with Gasteiger partial charge in [0.05, 0.1) is 11.9 Å². The fraction of sp³-hybridized carbons (Fsp3) is 0.500. The van der Waals surface area contributed by atoms with Crippen LogP contribution >= 0.6 is 0 Å². The minimum Gasteiger partial charge on any atom is -0.319 e. The van der Waals surface area contributed by atoms with Gasteiger partial charge in [-0.1, -0.05) is 6.58 Å². The molecular weight excluding hydrogens is 218 g/mol. The lowest BCUT2D eigenvalue weighted by molar-refractivity contribution is -0.357. The van der Waals surface area contributed by atoms with Gasteiger partial charge in [-0.3, -0.25) is 5.01 Å². The summed E-state index contributed by atoms with van der Waals surface area (Å²) >= 11 is 0. The number of aliphatic imine (C=N–C) groups is 1. The number of hydrazone groups is 1. The third kappa shape index (κ3) is 2.30. The van der Waals surface area contributed by atoms with Crippen LogP contribution in [0.3, 0.4) is 0 Å². The predicted octanol–water partition coefficient (Wildman–Crippen LogP) is 1.89. The Morgan fingerprint density at radius 2 is 2.00 bits per heavy atom. The molecule has 5 nitrogen and oxygen atoms in total. The van der Waals surface area contributed by atoms with Gasteiger partial charge < -0.3 is 9.47 Å². The maximum Gasteiger partial charge on any atom is 0.191 e. The van der Waals surface area contributed by atoms with Gasteiger partial charge in [0.25, 0.3) is 0 Å². The predicted molar refractivity (Wildman–Crippen MR) is 66.6 cm³/mol. The highest BCUT2D eigenvalue weighted by Crippen LogP contribution is 2.27. The van der Waals surface area contributed by atoms with Crippen LogP contribution in [0.15, 0.2) is 33.5 Å². The van der Waals surface area contributed by atoms with Gasteiger partial charge in [0.1, 0.15) is 5.84 Å². The minimum absolute atomic E-state index is 0.157. The molecule has 0 spiro atoms. The zero-order valence-corrected chi connectivity index (χ0v) is 10.6. The lowest BCUT2D eigenvalue weighted by Gasteiger charge is -2.35. The molecule has 2 aliphatic rings. The highest BCUT2D eigenvalue weighted by Gasteiger charge is 2.31. The average molecular weight is 235 g/mol. The summed E-state index contributed by atoms with van der Waals surface area (Å²) in [6.45, 7) is 9.64. The van der Waals surface area contributed by atoms with E-state index in [2.05, 4.69) is 16.7 Å². The molecule has 2 rings (SSSR count). The van der Waals surface area contributed by atoms with Crippen molar-refractivity contribution in [3.8, 4) is 0 Å². The van der Waals surface area contributed by atoms with Crippen molar-refractivity contribution in [1.29, 1.82) is 0 Å². The molecular formula is C12H17N3O2. The summed E-state index contributed by atoms with van der Waals surface area (Å²) in [5.41, 5.74) is 2.52. The molecule has 0 atom stereocenters. The molecule has 0 aromatic carbocycles. The average Bonchev–Trinajstić information content (AvgIpc) is 2.24. The Hall–Kier alpha value is -1.46. The Morgan fingerprint density at radius 1 is 1.35 bits per heavy atom. The van der Waals surface area contributed by atoms with E-state index in [1.54, 1.807) is 11.2 Å². The van der Waals surface area contributed by atoms with Gasteiger partial charge in [-0.2, -0.15) is 5.10 Å². The van der Waals surface area contributed by atoms with Crippen molar-refractivity contribution < 1.29 is 9.47 Å². The number of hydrogen-bond acceptors (Lipinski definition) is 5. The Bertz CT molecular complexity index is 431. The Balaban J connectivity index is 2.32. The van der Waals surface area contributed by atoms with E-state index in [4.69, 9.17) is 9.47 Å². The standard InChI is InChI=1S/C12H17N3O2/c1-7-8(2)14-9(3)15(5)13-6-11(7)12-16-10(4)17-12/h6,10,12H,2H2,1,3-5H3/b11-7+,13-6-,14-9-. The second-order valence-electron chi connectivity index (χ2n) is 4.13. The lowest BCUT2D eigenvalue weighted by atomic mass is 10.1. The molecule has 0 aromatic rings. The summed E-state index contributed by atoms with van der Waals surface area (Å²) in [4.78, 5) is 4.37. The van der Waals surface area contributed by atoms with E-state index in [9.17, 15) is 0 Å². The van der Waals surface area contributed by atoms with E-state index in [0.29, 0.717) is 5.70 Å². The van der Waals surface area contributed by atoms with E-state index in [-0.39, 0.29) is 12.6 Å². The van der Waals surface area contributed by atoms with Crippen LogP contribution in [0.5, 0.6) is 0 Å². The summed E-state index contributed by atoms with van der Waals surface area (Å²) in [5.74, 6) is 0.800. The van der Waals surface area contributed by atoms with Gasteiger partial charge in [0.15, 0.2) is 12.6 Å². The molecule has 17 heavy (non-hydrogen) atoms. The lowest BCUT2D eigenvalue weighted by Crippen LogP contribution is -2.41. The Labute approximate surface area is 101 Å². The first-order chi connectivity index (χ1) is 7.99. The number of rotatable bonds is 1. The molecule has 0 N–H and O–H groups in total. The third-order valence-corrected chi connectivity index (χ3v) is 2.89. The van der Waals surface area contributed by atoms with Crippen LogP contribution in [-0.2, 0) is 9.47 Å². The van der Waals surface area contributed by atoms with E-state index >= 15 is 0 Å². The van der Waals surface area contributed by atoms with Crippen LogP contribution in [-0.4, -0.2) is 36.7 Å². The summed E-state index contributed by atoms with van der Waals surface area (Å²) < 4.78 is 11.0. The number of hydrogen-bond donors (Lipinski definition) is 0. The van der Waals surface area contributed by atoms with Gasteiger partial charge >= 0.3 is 0 Å². The Morgan fingerprint density at radius 3 is 2.59 bits per heavy atom. The van der Waals surface area contributed by atoms with E-state index < -0.39 is 0 Å². The van der Waals surface area contributed by atoms with Gasteiger partial charge in [0.2, 0.25) is 0 Å². The Kier molecular flexibility index (Phi) is 3.13. The van der Waals surface area contributed by atoms with Crippen molar-refractivity contribution in [3.63, 3.8) is 0 Å². The topological polar surface area (TPSA) is 46.4 Å². The summed E-state index contributed by atoms with van der Waals surface area (Å²) in [7, 11) is 1.84. The van der Waals surface area contributed by atoms with Crippen molar-refractivity contribution in [1.82, 2.24) is 5.01 Å². The van der Waals surface area contributed by atoms with Crippen molar-refractivity contribution in [2.24, 2.45) is 10.1 Å². The second-order valence-corrected chi connectivity index (χ2v) is 4.13. The molecule has 2 heterocycles. The largest absolute Gasteiger partial charge is 0.319 e. The van der Waals surface area contributed by atoms with Crippen LogP contribution in [0.25, 0.3) is 0 Å². The van der Waals surface area contributed by atoms with Crippen LogP contribution in [0, 0.1) is 0 Å². The molecule has 0 aliphatic carbocycles. The summed E-state index contributed by atoms with van der Waals surface area (Å²) in [6.07, 6.45) is 1.23. The quantitative estimate of drug-likeness (QED) is 0.697. The molecule has 5 heteroatoms. The molecule has 0 unspecified atom stereocenters. The zero-order valence-electron chi connectivity index (χ0n) is 10.6. The van der Waals surface area contributed by atoms with Crippen molar-refractivity contribution in [3.05, 3.63) is 23.4 Å². The molecule has 2 aliphatic heterocycles. The smallest absolute Gasteiger partial charge is 0.191 e. The molecule has 1 fully saturated rings. The number of ether oxygens (including phenoxy) is 2.